The Bertz CT molecular complexity index is 969. The highest BCUT2D eigenvalue weighted by molar-refractivity contribution is 5.94. The minimum Gasteiger partial charge on any atom is -0.480 e. The molecule has 3 amide bonds. The lowest BCUT2D eigenvalue weighted by Crippen LogP contribution is -2.57. The van der Waals surface area contributed by atoms with Crippen LogP contribution in [-0.4, -0.2) is 72.0 Å². The number of nitrogens with two attached hydrogens (primary N) is 4. The number of benzene rings is 1. The van der Waals surface area contributed by atoms with Crippen LogP contribution in [0.15, 0.2) is 35.3 Å². The third kappa shape index (κ3) is 13.9. The van der Waals surface area contributed by atoms with Crippen molar-refractivity contribution in [3.8, 4) is 0 Å². The van der Waals surface area contributed by atoms with Gasteiger partial charge in [-0.2, -0.15) is 0 Å². The maximum Gasteiger partial charge on any atom is 0.326 e. The van der Waals surface area contributed by atoms with Gasteiger partial charge in [0.25, 0.3) is 0 Å². The fraction of sp³-hybridized carbons (Fsp3) is 0.593. The van der Waals surface area contributed by atoms with E-state index in [2.05, 4.69) is 20.9 Å². The Balaban J connectivity index is 3.13. The summed E-state index contributed by atoms with van der Waals surface area (Å²) >= 11 is 0. The van der Waals surface area contributed by atoms with E-state index in [1.165, 1.54) is 0 Å². The number of nitrogens with zero attached hydrogens (tertiary/aromatic N) is 1. The van der Waals surface area contributed by atoms with Crippen molar-refractivity contribution in [1.29, 1.82) is 0 Å². The molecular formula is C27H46N8O5. The molecule has 0 aliphatic heterocycles. The minimum absolute atomic E-state index is 0.0944. The number of carboxylic acid groups (broad SMARTS) is 1. The topological polar surface area (TPSA) is 241 Å². The average molecular weight is 563 g/mol. The first-order valence-corrected chi connectivity index (χ1v) is 13.6. The van der Waals surface area contributed by atoms with E-state index in [0.29, 0.717) is 32.2 Å². The predicted molar refractivity (Wildman–Crippen MR) is 154 cm³/mol. The molecule has 0 saturated heterocycles. The fourth-order valence-electron chi connectivity index (χ4n) is 4.02. The molecule has 4 atom stereocenters. The molecular weight excluding hydrogens is 516 g/mol. The summed E-state index contributed by atoms with van der Waals surface area (Å²) in [6, 6.07) is 4.91. The molecule has 0 radical (unpaired) electrons. The predicted octanol–water partition coefficient (Wildman–Crippen LogP) is -0.676. The van der Waals surface area contributed by atoms with Crippen molar-refractivity contribution in [3.05, 3.63) is 35.9 Å². The summed E-state index contributed by atoms with van der Waals surface area (Å²) in [4.78, 5) is 55.1. The zero-order valence-corrected chi connectivity index (χ0v) is 23.5. The normalized spacial score (nSPS) is 13.9. The van der Waals surface area contributed by atoms with Gasteiger partial charge in [-0.3, -0.25) is 19.4 Å². The number of hydrogen-bond donors (Lipinski definition) is 8. The number of amides is 3. The van der Waals surface area contributed by atoms with Gasteiger partial charge in [0, 0.05) is 13.0 Å². The third-order valence-electron chi connectivity index (χ3n) is 6.12. The molecule has 1 aromatic carbocycles. The second kappa shape index (κ2) is 18.6. The summed E-state index contributed by atoms with van der Waals surface area (Å²) < 4.78 is 0. The molecule has 1 aromatic rings. The van der Waals surface area contributed by atoms with Crippen LogP contribution in [0.1, 0.15) is 57.9 Å². The molecule has 0 aliphatic rings. The van der Waals surface area contributed by atoms with Gasteiger partial charge >= 0.3 is 5.97 Å². The Hall–Kier alpha value is -3.71. The van der Waals surface area contributed by atoms with Crippen molar-refractivity contribution in [2.75, 3.05) is 13.1 Å². The maximum atomic E-state index is 13.4. The summed E-state index contributed by atoms with van der Waals surface area (Å²) in [5, 5.41) is 17.5. The maximum absolute atomic E-state index is 13.4. The van der Waals surface area contributed by atoms with Crippen LogP contribution in [0.3, 0.4) is 0 Å². The van der Waals surface area contributed by atoms with E-state index in [-0.39, 0.29) is 37.7 Å². The Morgan fingerprint density at radius 3 is 2.00 bits per heavy atom. The highest BCUT2D eigenvalue weighted by atomic mass is 16.4. The van der Waals surface area contributed by atoms with Gasteiger partial charge in [0.2, 0.25) is 17.7 Å². The molecule has 0 saturated carbocycles. The molecule has 0 spiro atoms. The minimum atomic E-state index is -1.18. The lowest BCUT2D eigenvalue weighted by atomic mass is 10.0. The molecule has 0 aliphatic carbocycles. The van der Waals surface area contributed by atoms with Crippen LogP contribution in [0.5, 0.6) is 0 Å². The van der Waals surface area contributed by atoms with Crippen molar-refractivity contribution < 1.29 is 24.3 Å². The summed E-state index contributed by atoms with van der Waals surface area (Å²) in [6.07, 6.45) is 2.41. The smallest absolute Gasteiger partial charge is 0.326 e. The van der Waals surface area contributed by atoms with Gasteiger partial charge in [0.05, 0.1) is 6.04 Å². The van der Waals surface area contributed by atoms with Crippen molar-refractivity contribution >= 4 is 29.7 Å². The third-order valence-corrected chi connectivity index (χ3v) is 6.12. The zero-order valence-electron chi connectivity index (χ0n) is 23.5. The lowest BCUT2D eigenvalue weighted by Gasteiger charge is -2.25. The van der Waals surface area contributed by atoms with Gasteiger partial charge in [-0.1, -0.05) is 44.2 Å². The number of rotatable bonds is 19. The monoisotopic (exact) mass is 562 g/mol. The molecule has 0 fully saturated rings. The van der Waals surface area contributed by atoms with E-state index >= 15 is 0 Å². The number of carboxylic acids is 1. The van der Waals surface area contributed by atoms with Gasteiger partial charge in [0.1, 0.15) is 18.1 Å². The number of hydrogen-bond acceptors (Lipinski definition) is 7. The highest BCUT2D eigenvalue weighted by Crippen LogP contribution is 2.09. The summed E-state index contributed by atoms with van der Waals surface area (Å²) in [5.74, 6) is -2.87. The van der Waals surface area contributed by atoms with Crippen LogP contribution in [0.4, 0.5) is 0 Å². The lowest BCUT2D eigenvalue weighted by molar-refractivity contribution is -0.142. The number of nitrogens with one attached hydrogen (secondary N) is 3. The standard InChI is InChI=1S/C27H46N8O5/c1-17(2)15-19(29)23(36)33-20(12-8-14-32-27(30)31)24(37)35-22(16-18-9-4-3-5-10-18)25(38)34-21(26(39)40)11-6-7-13-28/h3-5,9-10,17,19-22H,6-8,11-16,28-29H2,1-2H3,(H,33,36)(H,34,38)(H,35,37)(H,39,40)(H4,30,31,32). The van der Waals surface area contributed by atoms with Gasteiger partial charge in [-0.15, -0.1) is 0 Å². The Kier molecular flexibility index (Phi) is 15.9. The molecule has 13 heteroatoms. The largest absolute Gasteiger partial charge is 0.480 e. The number of aliphatic carboxylic acids is 1. The van der Waals surface area contributed by atoms with Crippen LogP contribution in [0.2, 0.25) is 0 Å². The van der Waals surface area contributed by atoms with Gasteiger partial charge in [0.15, 0.2) is 5.96 Å². The quantitative estimate of drug-likeness (QED) is 0.0604. The Labute approximate surface area is 235 Å². The van der Waals surface area contributed by atoms with Crippen LogP contribution in [-0.2, 0) is 25.6 Å². The second-order valence-corrected chi connectivity index (χ2v) is 10.2. The van der Waals surface area contributed by atoms with Crippen molar-refractivity contribution in [3.63, 3.8) is 0 Å². The second-order valence-electron chi connectivity index (χ2n) is 10.2. The van der Waals surface area contributed by atoms with Crippen molar-refractivity contribution in [2.24, 2.45) is 33.8 Å². The van der Waals surface area contributed by atoms with E-state index in [9.17, 15) is 24.3 Å². The summed E-state index contributed by atoms with van der Waals surface area (Å²) in [7, 11) is 0. The summed E-state index contributed by atoms with van der Waals surface area (Å²) in [5.41, 5.74) is 23.0. The number of carbonyl (C=O) groups excluding carboxylic acids is 3. The molecule has 224 valence electrons. The molecule has 0 bridgehead atoms. The molecule has 12 N–H and O–H groups in total. The molecule has 0 aromatic heterocycles. The van der Waals surface area contributed by atoms with E-state index in [1.807, 2.05) is 19.9 Å². The van der Waals surface area contributed by atoms with Crippen LogP contribution in [0, 0.1) is 5.92 Å². The molecule has 13 nitrogen and oxygen atoms in total. The van der Waals surface area contributed by atoms with E-state index < -0.39 is 47.9 Å². The van der Waals surface area contributed by atoms with Crippen LogP contribution in [0.25, 0.3) is 0 Å². The van der Waals surface area contributed by atoms with E-state index in [1.54, 1.807) is 24.3 Å². The van der Waals surface area contributed by atoms with E-state index in [0.717, 1.165) is 5.56 Å². The van der Waals surface area contributed by atoms with Crippen molar-refractivity contribution in [2.45, 2.75) is 83.0 Å². The zero-order chi connectivity index (χ0) is 30.1. The van der Waals surface area contributed by atoms with Gasteiger partial charge in [-0.05, 0) is 56.6 Å². The van der Waals surface area contributed by atoms with Gasteiger partial charge < -0.3 is 44.0 Å². The molecule has 0 heterocycles. The van der Waals surface area contributed by atoms with Crippen LogP contribution < -0.4 is 38.9 Å². The first-order chi connectivity index (χ1) is 18.9. The fourth-order valence-corrected chi connectivity index (χ4v) is 4.02. The SMILES string of the molecule is CC(C)CC(N)C(=O)NC(CCCN=C(N)N)C(=O)NC(Cc1ccccc1)C(=O)NC(CCCCN)C(=O)O. The number of aliphatic imine (C=N–C) groups is 1. The number of unbranched alkanes of at least 4 members (excludes halogenated alkanes) is 1. The molecule has 4 unspecified atom stereocenters. The highest BCUT2D eigenvalue weighted by Gasteiger charge is 2.30. The van der Waals surface area contributed by atoms with Crippen LogP contribution >= 0.6 is 0 Å². The Morgan fingerprint density at radius 2 is 1.43 bits per heavy atom. The average Bonchev–Trinajstić information content (AvgIpc) is 2.89. The number of carbonyl (C=O) groups is 4. The molecule has 1 rings (SSSR count). The van der Waals surface area contributed by atoms with Crippen molar-refractivity contribution in [1.82, 2.24) is 16.0 Å². The Morgan fingerprint density at radius 1 is 0.850 bits per heavy atom. The summed E-state index contributed by atoms with van der Waals surface area (Å²) in [6.45, 7) is 4.50. The molecule has 40 heavy (non-hydrogen) atoms. The van der Waals surface area contributed by atoms with E-state index in [4.69, 9.17) is 22.9 Å². The first kappa shape index (κ1) is 34.3. The first-order valence-electron chi connectivity index (χ1n) is 13.6. The number of guanidine groups is 1. The van der Waals surface area contributed by atoms with Gasteiger partial charge in [-0.25, -0.2) is 4.79 Å².